The summed E-state index contributed by atoms with van der Waals surface area (Å²) in [6, 6.07) is 11.6. The highest BCUT2D eigenvalue weighted by molar-refractivity contribution is 8.01. The Morgan fingerprint density at radius 1 is 1.07 bits per heavy atom. The Hall–Kier alpha value is -2.39. The molecule has 0 radical (unpaired) electrons. The number of hydrogen-bond acceptors (Lipinski definition) is 5. The van der Waals surface area contributed by atoms with Crippen LogP contribution in [0.2, 0.25) is 0 Å². The fraction of sp³-hybridized carbons (Fsp3) is 0.333. The van der Waals surface area contributed by atoms with Crippen molar-refractivity contribution in [3.63, 3.8) is 0 Å². The van der Waals surface area contributed by atoms with Crippen molar-refractivity contribution in [1.29, 1.82) is 0 Å². The summed E-state index contributed by atoms with van der Waals surface area (Å²) in [6.07, 6.45) is 1.15. The quantitative estimate of drug-likeness (QED) is 0.663. The lowest BCUT2D eigenvalue weighted by Gasteiger charge is -2.28. The lowest BCUT2D eigenvalue weighted by molar-refractivity contribution is -0.130. The fourth-order valence-electron chi connectivity index (χ4n) is 2.70. The van der Waals surface area contributed by atoms with Crippen LogP contribution in [0, 0.1) is 5.82 Å². The Morgan fingerprint density at radius 2 is 1.63 bits per heavy atom. The van der Waals surface area contributed by atoms with Gasteiger partial charge in [0.15, 0.2) is 9.84 Å². The maximum absolute atomic E-state index is 12.9. The number of amides is 2. The standard InChI is InChI=1S/C21H25FN2O4S2/c1-14(16-5-11-19(12-6-16)30(4,27)28)24(3)21(26)15(2)29-13-20(25)23-18-9-7-17(22)8-10-18/h5-12,14-15H,13H2,1-4H3,(H,23,25). The third kappa shape index (κ3) is 6.56. The molecule has 0 aromatic heterocycles. The number of carbonyl (C=O) groups excluding carboxylic acids is 2. The first-order chi connectivity index (χ1) is 14.0. The largest absolute Gasteiger partial charge is 0.338 e. The average molecular weight is 453 g/mol. The van der Waals surface area contributed by atoms with E-state index in [9.17, 15) is 22.4 Å². The van der Waals surface area contributed by atoms with Crippen LogP contribution in [0.4, 0.5) is 10.1 Å². The van der Waals surface area contributed by atoms with Crippen molar-refractivity contribution in [2.45, 2.75) is 30.0 Å². The predicted molar refractivity (Wildman–Crippen MR) is 118 cm³/mol. The number of thioether (sulfide) groups is 1. The van der Waals surface area contributed by atoms with Gasteiger partial charge < -0.3 is 10.2 Å². The molecule has 0 saturated carbocycles. The van der Waals surface area contributed by atoms with Crippen LogP contribution in [-0.4, -0.2) is 49.4 Å². The Labute approximate surface area is 180 Å². The molecule has 162 valence electrons. The fourth-order valence-corrected chi connectivity index (χ4v) is 4.11. The van der Waals surface area contributed by atoms with Gasteiger partial charge >= 0.3 is 0 Å². The van der Waals surface area contributed by atoms with Crippen molar-refractivity contribution >= 4 is 39.1 Å². The minimum atomic E-state index is -3.28. The van der Waals surface area contributed by atoms with Gasteiger partial charge in [0, 0.05) is 19.0 Å². The number of anilines is 1. The lowest BCUT2D eigenvalue weighted by Crippen LogP contribution is -2.36. The van der Waals surface area contributed by atoms with Crippen molar-refractivity contribution in [1.82, 2.24) is 4.90 Å². The minimum absolute atomic E-state index is 0.0789. The second-order valence-corrected chi connectivity index (χ2v) is 10.3. The van der Waals surface area contributed by atoms with Crippen LogP contribution in [0.5, 0.6) is 0 Å². The normalized spacial score (nSPS) is 13.4. The molecule has 30 heavy (non-hydrogen) atoms. The van der Waals surface area contributed by atoms with E-state index in [4.69, 9.17) is 0 Å². The highest BCUT2D eigenvalue weighted by atomic mass is 32.2. The molecule has 6 nitrogen and oxygen atoms in total. The van der Waals surface area contributed by atoms with E-state index in [-0.39, 0.29) is 34.3 Å². The van der Waals surface area contributed by atoms with Crippen molar-refractivity contribution < 1.29 is 22.4 Å². The zero-order chi connectivity index (χ0) is 22.5. The number of halogens is 1. The topological polar surface area (TPSA) is 83.6 Å². The van der Waals surface area contributed by atoms with E-state index in [1.54, 1.807) is 31.0 Å². The molecular weight excluding hydrogens is 427 g/mol. The van der Waals surface area contributed by atoms with Gasteiger partial charge in [-0.1, -0.05) is 12.1 Å². The first-order valence-corrected chi connectivity index (χ1v) is 12.2. The molecule has 0 spiro atoms. The van der Waals surface area contributed by atoms with E-state index in [1.807, 2.05) is 6.92 Å². The van der Waals surface area contributed by atoms with Gasteiger partial charge in [0.2, 0.25) is 11.8 Å². The molecule has 0 aliphatic rings. The first-order valence-electron chi connectivity index (χ1n) is 9.22. The summed E-state index contributed by atoms with van der Waals surface area (Å²) in [5.41, 5.74) is 1.30. The molecule has 0 fully saturated rings. The van der Waals surface area contributed by atoms with Crippen LogP contribution >= 0.6 is 11.8 Å². The van der Waals surface area contributed by atoms with Crippen molar-refractivity contribution in [3.8, 4) is 0 Å². The molecule has 0 aliphatic heterocycles. The number of nitrogens with one attached hydrogen (secondary N) is 1. The third-order valence-electron chi connectivity index (χ3n) is 4.66. The van der Waals surface area contributed by atoms with Gasteiger partial charge in [-0.3, -0.25) is 9.59 Å². The van der Waals surface area contributed by atoms with E-state index in [0.29, 0.717) is 5.69 Å². The predicted octanol–water partition coefficient (Wildman–Crippen LogP) is 3.51. The van der Waals surface area contributed by atoms with E-state index >= 15 is 0 Å². The van der Waals surface area contributed by atoms with Crippen LogP contribution in [0.25, 0.3) is 0 Å². The SMILES string of the molecule is CC(SCC(=O)Nc1ccc(F)cc1)C(=O)N(C)C(C)c1ccc(S(C)(=O)=O)cc1. The molecule has 2 rings (SSSR count). The number of rotatable bonds is 8. The summed E-state index contributed by atoms with van der Waals surface area (Å²) >= 11 is 1.21. The molecule has 0 saturated heterocycles. The second kappa shape index (κ2) is 10.1. The summed E-state index contributed by atoms with van der Waals surface area (Å²) in [6.45, 7) is 3.58. The van der Waals surface area contributed by atoms with Gasteiger partial charge in [-0.05, 0) is 55.8 Å². The van der Waals surface area contributed by atoms with Gasteiger partial charge in [0.25, 0.3) is 0 Å². The molecule has 2 aromatic carbocycles. The molecule has 2 atom stereocenters. The van der Waals surface area contributed by atoms with Gasteiger partial charge in [0.1, 0.15) is 5.82 Å². The summed E-state index contributed by atoms with van der Waals surface area (Å²) in [4.78, 5) is 26.6. The summed E-state index contributed by atoms with van der Waals surface area (Å²) in [5, 5.41) is 2.21. The molecule has 0 heterocycles. The van der Waals surface area contributed by atoms with Crippen LogP contribution in [0.3, 0.4) is 0 Å². The van der Waals surface area contributed by atoms with Gasteiger partial charge in [0.05, 0.1) is 21.9 Å². The maximum atomic E-state index is 12.9. The molecule has 9 heteroatoms. The van der Waals surface area contributed by atoms with Crippen molar-refractivity contribution in [2.75, 3.05) is 24.4 Å². The molecule has 1 N–H and O–H groups in total. The Balaban J connectivity index is 1.91. The summed E-state index contributed by atoms with van der Waals surface area (Å²) in [7, 11) is -1.60. The summed E-state index contributed by atoms with van der Waals surface area (Å²) < 4.78 is 36.1. The van der Waals surface area contributed by atoms with Crippen LogP contribution in [0.1, 0.15) is 25.5 Å². The summed E-state index contributed by atoms with van der Waals surface area (Å²) in [5.74, 6) is -0.729. The monoisotopic (exact) mass is 452 g/mol. The highest BCUT2D eigenvalue weighted by Gasteiger charge is 2.24. The van der Waals surface area contributed by atoms with Crippen LogP contribution in [0.15, 0.2) is 53.4 Å². The van der Waals surface area contributed by atoms with Crippen LogP contribution < -0.4 is 5.32 Å². The number of benzene rings is 2. The highest BCUT2D eigenvalue weighted by Crippen LogP contribution is 2.24. The van der Waals surface area contributed by atoms with Crippen molar-refractivity contribution in [2.24, 2.45) is 0 Å². The van der Waals surface area contributed by atoms with E-state index in [1.165, 1.54) is 48.2 Å². The first kappa shape index (κ1) is 23.9. The zero-order valence-electron chi connectivity index (χ0n) is 17.3. The van der Waals surface area contributed by atoms with Gasteiger partial charge in [-0.25, -0.2) is 12.8 Å². The number of carbonyl (C=O) groups is 2. The zero-order valence-corrected chi connectivity index (χ0v) is 18.9. The minimum Gasteiger partial charge on any atom is -0.338 e. The third-order valence-corrected chi connectivity index (χ3v) is 6.92. The molecule has 0 bridgehead atoms. The lowest BCUT2D eigenvalue weighted by atomic mass is 10.1. The number of hydrogen-bond donors (Lipinski definition) is 1. The van der Waals surface area contributed by atoms with E-state index < -0.39 is 15.1 Å². The Bertz CT molecular complexity index is 993. The van der Waals surface area contributed by atoms with E-state index in [0.717, 1.165) is 11.8 Å². The molecule has 2 aromatic rings. The molecule has 0 aliphatic carbocycles. The van der Waals surface area contributed by atoms with Crippen molar-refractivity contribution in [3.05, 3.63) is 59.9 Å². The molecular formula is C21H25FN2O4S2. The maximum Gasteiger partial charge on any atom is 0.235 e. The van der Waals surface area contributed by atoms with Gasteiger partial charge in [-0.15, -0.1) is 11.8 Å². The Kier molecular flexibility index (Phi) is 8.03. The van der Waals surface area contributed by atoms with E-state index in [2.05, 4.69) is 5.32 Å². The molecule has 2 unspecified atom stereocenters. The second-order valence-electron chi connectivity index (χ2n) is 6.97. The number of sulfone groups is 1. The number of nitrogens with zero attached hydrogens (tertiary/aromatic N) is 1. The molecule has 2 amide bonds. The van der Waals surface area contributed by atoms with Crippen LogP contribution in [-0.2, 0) is 19.4 Å². The average Bonchev–Trinajstić information content (AvgIpc) is 2.71. The smallest absolute Gasteiger partial charge is 0.235 e. The Morgan fingerprint density at radius 3 is 2.17 bits per heavy atom. The van der Waals surface area contributed by atoms with Gasteiger partial charge in [-0.2, -0.15) is 0 Å².